The Morgan fingerprint density at radius 2 is 2.05 bits per heavy atom. The largest absolute Gasteiger partial charge is 0.481 e. The standard InChI is InChI=1S/C15H18N2O2/c1-10-2-3-12(9-16)14(8-10)17-13-6-4-11(5-7-13)15(18)19/h2-3,8,11,13,17H,4-7H2,1H3,(H,18,19). The molecule has 1 saturated carbocycles. The molecule has 2 N–H and O–H groups in total. The normalized spacial score (nSPS) is 22.5. The summed E-state index contributed by atoms with van der Waals surface area (Å²) >= 11 is 0. The van der Waals surface area contributed by atoms with Crippen molar-refractivity contribution in [2.24, 2.45) is 5.92 Å². The quantitative estimate of drug-likeness (QED) is 0.874. The predicted molar refractivity (Wildman–Crippen MR) is 72.9 cm³/mol. The summed E-state index contributed by atoms with van der Waals surface area (Å²) in [5.41, 5.74) is 2.62. The maximum absolute atomic E-state index is 10.9. The highest BCUT2D eigenvalue weighted by molar-refractivity contribution is 5.70. The first-order valence-corrected chi connectivity index (χ1v) is 6.60. The van der Waals surface area contributed by atoms with Crippen molar-refractivity contribution in [3.05, 3.63) is 29.3 Å². The lowest BCUT2D eigenvalue weighted by Gasteiger charge is -2.28. The molecule has 1 aromatic carbocycles. The minimum absolute atomic E-state index is 0.203. The van der Waals surface area contributed by atoms with Gasteiger partial charge in [0.25, 0.3) is 0 Å². The number of nitrogens with zero attached hydrogens (tertiary/aromatic N) is 1. The lowest BCUT2D eigenvalue weighted by atomic mass is 9.86. The van der Waals surface area contributed by atoms with Gasteiger partial charge in [-0.25, -0.2) is 0 Å². The van der Waals surface area contributed by atoms with Gasteiger partial charge in [0.15, 0.2) is 0 Å². The number of hydrogen-bond donors (Lipinski definition) is 2. The number of aryl methyl sites for hydroxylation is 1. The lowest BCUT2D eigenvalue weighted by molar-refractivity contribution is -0.142. The van der Waals surface area contributed by atoms with E-state index in [0.29, 0.717) is 18.4 Å². The third-order valence-electron chi connectivity index (χ3n) is 3.73. The van der Waals surface area contributed by atoms with Gasteiger partial charge in [0.2, 0.25) is 0 Å². The average molecular weight is 258 g/mol. The fourth-order valence-corrected chi connectivity index (χ4v) is 2.58. The molecule has 19 heavy (non-hydrogen) atoms. The van der Waals surface area contributed by atoms with Crippen molar-refractivity contribution in [3.63, 3.8) is 0 Å². The Morgan fingerprint density at radius 1 is 1.37 bits per heavy atom. The Labute approximate surface area is 113 Å². The first-order chi connectivity index (χ1) is 9.10. The van der Waals surface area contributed by atoms with Crippen LogP contribution in [-0.4, -0.2) is 17.1 Å². The van der Waals surface area contributed by atoms with Gasteiger partial charge in [0, 0.05) is 6.04 Å². The number of carboxylic acids is 1. The molecule has 0 radical (unpaired) electrons. The zero-order valence-electron chi connectivity index (χ0n) is 11.0. The lowest BCUT2D eigenvalue weighted by Crippen LogP contribution is -2.29. The fraction of sp³-hybridized carbons (Fsp3) is 0.467. The van der Waals surface area contributed by atoms with Gasteiger partial charge in [0.1, 0.15) is 6.07 Å². The number of anilines is 1. The van der Waals surface area contributed by atoms with Crippen molar-refractivity contribution in [1.82, 2.24) is 0 Å². The summed E-state index contributed by atoms with van der Waals surface area (Å²) in [4.78, 5) is 10.9. The number of hydrogen-bond acceptors (Lipinski definition) is 3. The molecule has 0 saturated heterocycles. The smallest absolute Gasteiger partial charge is 0.306 e. The van der Waals surface area contributed by atoms with Crippen LogP contribution in [0.3, 0.4) is 0 Å². The van der Waals surface area contributed by atoms with Crippen LogP contribution in [0.25, 0.3) is 0 Å². The van der Waals surface area contributed by atoms with Crippen LogP contribution in [0.4, 0.5) is 5.69 Å². The second kappa shape index (κ2) is 5.75. The highest BCUT2D eigenvalue weighted by atomic mass is 16.4. The highest BCUT2D eigenvalue weighted by Crippen LogP contribution is 2.28. The zero-order chi connectivity index (χ0) is 13.8. The fourth-order valence-electron chi connectivity index (χ4n) is 2.58. The summed E-state index contributed by atoms with van der Waals surface area (Å²) in [5.74, 6) is -0.891. The van der Waals surface area contributed by atoms with Crippen LogP contribution >= 0.6 is 0 Å². The van der Waals surface area contributed by atoms with Crippen LogP contribution in [0, 0.1) is 24.2 Å². The first-order valence-electron chi connectivity index (χ1n) is 6.60. The van der Waals surface area contributed by atoms with E-state index in [-0.39, 0.29) is 12.0 Å². The molecule has 1 aromatic rings. The van der Waals surface area contributed by atoms with Gasteiger partial charge in [0.05, 0.1) is 17.2 Å². The molecular weight excluding hydrogens is 240 g/mol. The number of rotatable bonds is 3. The van der Waals surface area contributed by atoms with E-state index in [0.717, 1.165) is 24.1 Å². The Hall–Kier alpha value is -2.02. The number of nitrogens with one attached hydrogen (secondary N) is 1. The predicted octanol–water partition coefficient (Wildman–Crippen LogP) is 2.92. The molecule has 4 nitrogen and oxygen atoms in total. The molecule has 0 amide bonds. The van der Waals surface area contributed by atoms with Crippen LogP contribution in [0.5, 0.6) is 0 Å². The molecule has 0 spiro atoms. The number of nitriles is 1. The molecule has 0 aromatic heterocycles. The number of benzene rings is 1. The summed E-state index contributed by atoms with van der Waals surface area (Å²) in [5, 5.41) is 21.4. The summed E-state index contributed by atoms with van der Waals surface area (Å²) < 4.78 is 0. The topological polar surface area (TPSA) is 73.1 Å². The van der Waals surface area contributed by atoms with Gasteiger partial charge < -0.3 is 10.4 Å². The molecule has 0 unspecified atom stereocenters. The molecule has 0 aliphatic heterocycles. The number of carbonyl (C=O) groups is 1. The van der Waals surface area contributed by atoms with Crippen molar-refractivity contribution in [3.8, 4) is 6.07 Å². The molecule has 100 valence electrons. The Morgan fingerprint density at radius 3 is 2.63 bits per heavy atom. The molecule has 1 aliphatic rings. The minimum Gasteiger partial charge on any atom is -0.481 e. The number of aliphatic carboxylic acids is 1. The van der Waals surface area contributed by atoms with Gasteiger partial charge in [-0.15, -0.1) is 0 Å². The summed E-state index contributed by atoms with van der Waals surface area (Å²) in [6.45, 7) is 1.99. The SMILES string of the molecule is Cc1ccc(C#N)c(NC2CCC(C(=O)O)CC2)c1. The second-order valence-electron chi connectivity index (χ2n) is 5.19. The van der Waals surface area contributed by atoms with Crippen molar-refractivity contribution in [2.45, 2.75) is 38.6 Å². The molecule has 1 fully saturated rings. The zero-order valence-corrected chi connectivity index (χ0v) is 11.0. The first kappa shape index (κ1) is 13.4. The van der Waals surface area contributed by atoms with Crippen molar-refractivity contribution < 1.29 is 9.90 Å². The van der Waals surface area contributed by atoms with E-state index in [1.54, 1.807) is 0 Å². The summed E-state index contributed by atoms with van der Waals surface area (Å²) in [6.07, 6.45) is 3.10. The van der Waals surface area contributed by atoms with Crippen molar-refractivity contribution in [1.29, 1.82) is 5.26 Å². The summed E-state index contributed by atoms with van der Waals surface area (Å²) in [7, 11) is 0. The van der Waals surface area contributed by atoms with E-state index in [9.17, 15) is 4.79 Å². The van der Waals surface area contributed by atoms with E-state index in [1.807, 2.05) is 25.1 Å². The van der Waals surface area contributed by atoms with Crippen LogP contribution in [0.15, 0.2) is 18.2 Å². The minimum atomic E-state index is -0.688. The molecule has 4 heteroatoms. The van der Waals surface area contributed by atoms with E-state index >= 15 is 0 Å². The Balaban J connectivity index is 2.01. The van der Waals surface area contributed by atoms with Crippen LogP contribution in [0.1, 0.15) is 36.8 Å². The monoisotopic (exact) mass is 258 g/mol. The Bertz CT molecular complexity index is 511. The van der Waals surface area contributed by atoms with Crippen LogP contribution < -0.4 is 5.32 Å². The van der Waals surface area contributed by atoms with Gasteiger partial charge in [-0.3, -0.25) is 4.79 Å². The van der Waals surface area contributed by atoms with Gasteiger partial charge in [-0.2, -0.15) is 5.26 Å². The van der Waals surface area contributed by atoms with E-state index < -0.39 is 5.97 Å². The van der Waals surface area contributed by atoms with E-state index in [2.05, 4.69) is 11.4 Å². The Kier molecular flexibility index (Phi) is 4.06. The highest BCUT2D eigenvalue weighted by Gasteiger charge is 2.26. The van der Waals surface area contributed by atoms with Crippen molar-refractivity contribution >= 4 is 11.7 Å². The van der Waals surface area contributed by atoms with Gasteiger partial charge >= 0.3 is 5.97 Å². The van der Waals surface area contributed by atoms with E-state index in [4.69, 9.17) is 10.4 Å². The molecule has 2 rings (SSSR count). The van der Waals surface area contributed by atoms with Gasteiger partial charge in [-0.1, -0.05) is 6.07 Å². The third kappa shape index (κ3) is 3.25. The second-order valence-corrected chi connectivity index (χ2v) is 5.19. The summed E-state index contributed by atoms with van der Waals surface area (Å²) in [6, 6.07) is 8.17. The molecule has 0 heterocycles. The maximum Gasteiger partial charge on any atom is 0.306 e. The van der Waals surface area contributed by atoms with Gasteiger partial charge in [-0.05, 0) is 50.3 Å². The van der Waals surface area contributed by atoms with Crippen molar-refractivity contribution in [2.75, 3.05) is 5.32 Å². The van der Waals surface area contributed by atoms with E-state index in [1.165, 1.54) is 0 Å². The van der Waals surface area contributed by atoms with Crippen LogP contribution in [-0.2, 0) is 4.79 Å². The van der Waals surface area contributed by atoms with Crippen LogP contribution in [0.2, 0.25) is 0 Å². The number of carboxylic acid groups (broad SMARTS) is 1. The molecule has 1 aliphatic carbocycles. The average Bonchev–Trinajstić information content (AvgIpc) is 2.39. The molecular formula is C15H18N2O2. The maximum atomic E-state index is 10.9. The molecule has 0 atom stereocenters. The molecule has 0 bridgehead atoms. The third-order valence-corrected chi connectivity index (χ3v) is 3.73.